The van der Waals surface area contributed by atoms with Gasteiger partial charge >= 0.3 is 0 Å². The highest BCUT2D eigenvalue weighted by Crippen LogP contribution is 2.33. The van der Waals surface area contributed by atoms with Crippen molar-refractivity contribution in [3.8, 4) is 0 Å². The number of nitrogens with zero attached hydrogens (tertiary/aromatic N) is 1. The Labute approximate surface area is 118 Å². The van der Waals surface area contributed by atoms with Crippen molar-refractivity contribution in [2.24, 2.45) is 5.92 Å². The second-order valence-electron chi connectivity index (χ2n) is 6.84. The van der Waals surface area contributed by atoms with Gasteiger partial charge < -0.3 is 15.0 Å². The average molecular weight is 266 g/mol. The molecule has 0 aromatic rings. The lowest BCUT2D eigenvalue weighted by Gasteiger charge is -2.43. The zero-order chi connectivity index (χ0) is 13.3. The van der Waals surface area contributed by atoms with Crippen molar-refractivity contribution in [2.75, 3.05) is 26.2 Å². The zero-order valence-corrected chi connectivity index (χ0v) is 12.7. The van der Waals surface area contributed by atoms with Gasteiger partial charge in [0, 0.05) is 25.2 Å². The van der Waals surface area contributed by atoms with E-state index in [1.165, 1.54) is 45.3 Å². The van der Waals surface area contributed by atoms with Gasteiger partial charge in [0.25, 0.3) is 0 Å². The van der Waals surface area contributed by atoms with E-state index >= 15 is 0 Å². The molecule has 0 aromatic heterocycles. The van der Waals surface area contributed by atoms with Crippen LogP contribution in [0.2, 0.25) is 0 Å². The predicted octanol–water partition coefficient (Wildman–Crippen LogP) is 2.41. The van der Waals surface area contributed by atoms with Crippen LogP contribution in [0, 0.1) is 5.92 Å². The quantitative estimate of drug-likeness (QED) is 0.845. The van der Waals surface area contributed by atoms with Gasteiger partial charge in [-0.2, -0.15) is 0 Å². The Morgan fingerprint density at radius 2 is 1.95 bits per heavy atom. The van der Waals surface area contributed by atoms with Gasteiger partial charge in [-0.3, -0.25) is 0 Å². The molecular formula is C16H30N2O. The van der Waals surface area contributed by atoms with E-state index in [4.69, 9.17) is 4.74 Å². The Balaban J connectivity index is 1.57. The van der Waals surface area contributed by atoms with Crippen LogP contribution in [0.1, 0.15) is 52.4 Å². The fourth-order valence-corrected chi connectivity index (χ4v) is 4.39. The molecule has 0 aromatic carbocycles. The van der Waals surface area contributed by atoms with Crippen LogP contribution < -0.4 is 5.32 Å². The maximum atomic E-state index is 6.10. The van der Waals surface area contributed by atoms with E-state index < -0.39 is 0 Å². The highest BCUT2D eigenvalue weighted by molar-refractivity contribution is 4.95. The number of fused-ring (bicyclic) bond motifs is 2. The minimum atomic E-state index is 0.159. The van der Waals surface area contributed by atoms with Crippen LogP contribution in [0.5, 0.6) is 0 Å². The van der Waals surface area contributed by atoms with Gasteiger partial charge in [-0.15, -0.1) is 0 Å². The van der Waals surface area contributed by atoms with Gasteiger partial charge in [0.15, 0.2) is 0 Å². The van der Waals surface area contributed by atoms with Crippen LogP contribution in [0.3, 0.4) is 0 Å². The highest BCUT2D eigenvalue weighted by Gasteiger charge is 2.38. The van der Waals surface area contributed by atoms with Gasteiger partial charge in [0.05, 0.1) is 5.60 Å². The van der Waals surface area contributed by atoms with E-state index in [9.17, 15) is 0 Å². The molecule has 110 valence electrons. The topological polar surface area (TPSA) is 24.5 Å². The molecule has 0 saturated carbocycles. The Bertz CT molecular complexity index is 303. The summed E-state index contributed by atoms with van der Waals surface area (Å²) in [6.45, 7) is 9.49. The molecule has 4 unspecified atom stereocenters. The Morgan fingerprint density at radius 1 is 1.16 bits per heavy atom. The summed E-state index contributed by atoms with van der Waals surface area (Å²) < 4.78 is 6.10. The van der Waals surface area contributed by atoms with Crippen LogP contribution >= 0.6 is 0 Å². The molecule has 2 bridgehead atoms. The monoisotopic (exact) mass is 266 g/mol. The van der Waals surface area contributed by atoms with E-state index in [2.05, 4.69) is 24.1 Å². The fraction of sp³-hybridized carbons (Fsp3) is 1.00. The Morgan fingerprint density at radius 3 is 2.74 bits per heavy atom. The minimum Gasteiger partial charge on any atom is -0.375 e. The Kier molecular flexibility index (Phi) is 4.16. The summed E-state index contributed by atoms with van der Waals surface area (Å²) in [5.41, 5.74) is 0.159. The van der Waals surface area contributed by atoms with E-state index in [1.54, 1.807) is 0 Å². The van der Waals surface area contributed by atoms with Crippen molar-refractivity contribution in [3.05, 3.63) is 0 Å². The van der Waals surface area contributed by atoms with E-state index in [0.717, 1.165) is 31.4 Å². The maximum absolute atomic E-state index is 6.10. The smallest absolute Gasteiger partial charge is 0.0692 e. The first kappa shape index (κ1) is 13.8. The number of nitrogens with one attached hydrogen (secondary N) is 1. The van der Waals surface area contributed by atoms with Crippen molar-refractivity contribution in [1.29, 1.82) is 0 Å². The number of piperidine rings is 1. The summed E-state index contributed by atoms with van der Waals surface area (Å²) in [6, 6.07) is 1.46. The summed E-state index contributed by atoms with van der Waals surface area (Å²) in [5, 5.41) is 4.00. The molecule has 3 saturated heterocycles. The molecule has 0 aliphatic carbocycles. The van der Waals surface area contributed by atoms with Gasteiger partial charge in [-0.05, 0) is 57.5 Å². The molecular weight excluding hydrogens is 236 g/mol. The molecule has 4 atom stereocenters. The summed E-state index contributed by atoms with van der Waals surface area (Å²) in [6.07, 6.45) is 7.50. The second-order valence-corrected chi connectivity index (χ2v) is 6.84. The first-order valence-corrected chi connectivity index (χ1v) is 8.37. The van der Waals surface area contributed by atoms with Crippen LogP contribution in [0.4, 0.5) is 0 Å². The molecule has 3 aliphatic heterocycles. The van der Waals surface area contributed by atoms with Gasteiger partial charge in [0.1, 0.15) is 0 Å². The average Bonchev–Trinajstić information content (AvgIpc) is 2.85. The molecule has 3 heterocycles. The third-order valence-electron chi connectivity index (χ3n) is 5.87. The minimum absolute atomic E-state index is 0.159. The highest BCUT2D eigenvalue weighted by atomic mass is 16.5. The summed E-state index contributed by atoms with van der Waals surface area (Å²) in [7, 11) is 0. The molecule has 0 amide bonds. The maximum Gasteiger partial charge on any atom is 0.0692 e. The molecule has 0 spiro atoms. The van der Waals surface area contributed by atoms with Crippen LogP contribution in [0.15, 0.2) is 0 Å². The van der Waals surface area contributed by atoms with Crippen LogP contribution in [0.25, 0.3) is 0 Å². The lowest BCUT2D eigenvalue weighted by atomic mass is 9.84. The van der Waals surface area contributed by atoms with Crippen LogP contribution in [-0.4, -0.2) is 48.8 Å². The third kappa shape index (κ3) is 2.84. The van der Waals surface area contributed by atoms with Crippen molar-refractivity contribution in [3.63, 3.8) is 0 Å². The fourth-order valence-electron chi connectivity index (χ4n) is 4.39. The predicted molar refractivity (Wildman–Crippen MR) is 78.4 cm³/mol. The number of hydrogen-bond acceptors (Lipinski definition) is 3. The van der Waals surface area contributed by atoms with Crippen molar-refractivity contribution >= 4 is 0 Å². The molecule has 0 radical (unpaired) electrons. The van der Waals surface area contributed by atoms with Crippen molar-refractivity contribution in [1.82, 2.24) is 10.2 Å². The lowest BCUT2D eigenvalue weighted by molar-refractivity contribution is -0.0950. The number of ether oxygens (including phenoxy) is 1. The summed E-state index contributed by atoms with van der Waals surface area (Å²) in [5.74, 6) is 0.911. The number of hydrogen-bond donors (Lipinski definition) is 1. The van der Waals surface area contributed by atoms with E-state index in [0.29, 0.717) is 6.04 Å². The van der Waals surface area contributed by atoms with E-state index in [1.807, 2.05) is 0 Å². The van der Waals surface area contributed by atoms with Gasteiger partial charge in [0.2, 0.25) is 0 Å². The van der Waals surface area contributed by atoms with Gasteiger partial charge in [-0.1, -0.05) is 13.8 Å². The molecule has 3 aliphatic rings. The Hall–Kier alpha value is -0.120. The molecule has 3 rings (SSSR count). The molecule has 3 nitrogen and oxygen atoms in total. The largest absolute Gasteiger partial charge is 0.375 e. The molecule has 19 heavy (non-hydrogen) atoms. The molecule has 3 heteroatoms. The first-order valence-electron chi connectivity index (χ1n) is 8.37. The van der Waals surface area contributed by atoms with Gasteiger partial charge in [-0.25, -0.2) is 0 Å². The second kappa shape index (κ2) is 5.71. The normalized spacial score (nSPS) is 41.4. The van der Waals surface area contributed by atoms with E-state index in [-0.39, 0.29) is 5.60 Å². The van der Waals surface area contributed by atoms with Crippen LogP contribution in [-0.2, 0) is 4.74 Å². The third-order valence-corrected chi connectivity index (χ3v) is 5.87. The lowest BCUT2D eigenvalue weighted by Crippen LogP contribution is -2.53. The first-order chi connectivity index (χ1) is 9.24. The number of rotatable bonds is 4. The zero-order valence-electron chi connectivity index (χ0n) is 12.7. The molecule has 3 fully saturated rings. The SMILES string of the molecule is CCC1(CC)CC(NC2CCN3CCC2C3)CCO1. The summed E-state index contributed by atoms with van der Waals surface area (Å²) >= 11 is 0. The van der Waals surface area contributed by atoms with Crippen molar-refractivity contribution < 1.29 is 4.74 Å². The standard InChI is InChI=1S/C16H30N2O/c1-3-16(4-2)11-14(7-10-19-16)17-15-6-9-18-8-5-13(15)12-18/h13-15,17H,3-12H2,1-2H3. The van der Waals surface area contributed by atoms with Crippen molar-refractivity contribution in [2.45, 2.75) is 70.1 Å². The summed E-state index contributed by atoms with van der Waals surface area (Å²) in [4.78, 5) is 2.63. The molecule has 1 N–H and O–H groups in total.